The van der Waals surface area contributed by atoms with Crippen LogP contribution in [0.15, 0.2) is 24.3 Å². The Morgan fingerprint density at radius 1 is 1.08 bits per heavy atom. The van der Waals surface area contributed by atoms with Crippen LogP contribution in [0.5, 0.6) is 0 Å². The fourth-order valence-electron chi connectivity index (χ4n) is 4.48. The Balaban J connectivity index is 1.59. The Labute approximate surface area is 158 Å². The molecular formula is C20H33N3O2S. The lowest BCUT2D eigenvalue weighted by molar-refractivity contribution is 0.194. The van der Waals surface area contributed by atoms with Gasteiger partial charge in [0.1, 0.15) is 0 Å². The molecule has 2 saturated heterocycles. The lowest BCUT2D eigenvalue weighted by Gasteiger charge is -2.38. The molecule has 1 aromatic carbocycles. The van der Waals surface area contributed by atoms with E-state index in [1.165, 1.54) is 17.5 Å². The van der Waals surface area contributed by atoms with Gasteiger partial charge in [0.2, 0.25) is 10.0 Å². The first-order chi connectivity index (χ1) is 12.2. The van der Waals surface area contributed by atoms with Crippen LogP contribution in [0, 0.1) is 18.8 Å². The topological polar surface area (TPSA) is 52.6 Å². The minimum Gasteiger partial charge on any atom is -0.371 e. The van der Waals surface area contributed by atoms with Crippen LogP contribution in [0.4, 0.5) is 5.69 Å². The summed E-state index contributed by atoms with van der Waals surface area (Å²) in [5, 5.41) is 0. The van der Waals surface area contributed by atoms with Crippen LogP contribution in [0.3, 0.4) is 0 Å². The highest BCUT2D eigenvalue weighted by Gasteiger charge is 2.39. The smallest absolute Gasteiger partial charge is 0.209 e. The standard InChI is InChI=1S/C20H33N3O2S/c1-15(2)19-13-23(14-20(19)21-26(4,24)25)18-9-11-22(12-10-18)17-7-5-16(3)6-8-17/h5-8,15,18-21H,9-14H2,1-4H3/t19-,20+/m1/s1. The number of sulfonamides is 1. The van der Waals surface area contributed by atoms with Gasteiger partial charge < -0.3 is 4.90 Å². The number of anilines is 1. The van der Waals surface area contributed by atoms with Gasteiger partial charge in [-0.15, -0.1) is 0 Å². The van der Waals surface area contributed by atoms with Crippen LogP contribution in [0.25, 0.3) is 0 Å². The molecule has 2 aliphatic heterocycles. The normalized spacial score (nSPS) is 26.0. The number of hydrogen-bond donors (Lipinski definition) is 1. The molecule has 1 aromatic rings. The number of nitrogens with one attached hydrogen (secondary N) is 1. The molecule has 146 valence electrons. The van der Waals surface area contributed by atoms with Crippen molar-refractivity contribution in [3.05, 3.63) is 29.8 Å². The summed E-state index contributed by atoms with van der Waals surface area (Å²) in [5.41, 5.74) is 2.61. The summed E-state index contributed by atoms with van der Waals surface area (Å²) >= 11 is 0. The molecule has 5 nitrogen and oxygen atoms in total. The third-order valence-electron chi connectivity index (χ3n) is 6.00. The van der Waals surface area contributed by atoms with Crippen molar-refractivity contribution in [2.45, 2.75) is 45.7 Å². The van der Waals surface area contributed by atoms with Crippen LogP contribution in [0.2, 0.25) is 0 Å². The van der Waals surface area contributed by atoms with Crippen molar-refractivity contribution in [1.82, 2.24) is 9.62 Å². The minimum atomic E-state index is -3.16. The van der Waals surface area contributed by atoms with Gasteiger partial charge >= 0.3 is 0 Å². The highest BCUT2D eigenvalue weighted by molar-refractivity contribution is 7.88. The fraction of sp³-hybridized carbons (Fsp3) is 0.700. The highest BCUT2D eigenvalue weighted by Crippen LogP contribution is 2.30. The molecule has 0 saturated carbocycles. The molecular weight excluding hydrogens is 346 g/mol. The van der Waals surface area contributed by atoms with Gasteiger partial charge in [-0.05, 0) is 43.7 Å². The summed E-state index contributed by atoms with van der Waals surface area (Å²) in [4.78, 5) is 5.00. The second-order valence-corrected chi connectivity index (χ2v) is 10.2. The van der Waals surface area contributed by atoms with Crippen molar-refractivity contribution < 1.29 is 8.42 Å². The minimum absolute atomic E-state index is 0.0418. The van der Waals surface area contributed by atoms with Crippen LogP contribution >= 0.6 is 0 Å². The van der Waals surface area contributed by atoms with E-state index in [0.29, 0.717) is 17.9 Å². The van der Waals surface area contributed by atoms with Crippen LogP contribution in [-0.4, -0.2) is 57.8 Å². The van der Waals surface area contributed by atoms with E-state index in [1.54, 1.807) is 0 Å². The molecule has 0 unspecified atom stereocenters. The Hall–Kier alpha value is -1.11. The molecule has 0 aromatic heterocycles. The molecule has 1 N–H and O–H groups in total. The number of benzene rings is 1. The van der Waals surface area contributed by atoms with Crippen LogP contribution in [-0.2, 0) is 10.0 Å². The molecule has 2 atom stereocenters. The lowest BCUT2D eigenvalue weighted by atomic mass is 9.92. The third-order valence-corrected chi connectivity index (χ3v) is 6.73. The Morgan fingerprint density at radius 3 is 2.23 bits per heavy atom. The molecule has 2 heterocycles. The highest BCUT2D eigenvalue weighted by atomic mass is 32.2. The van der Waals surface area contributed by atoms with Crippen molar-refractivity contribution in [2.75, 3.05) is 37.3 Å². The zero-order valence-corrected chi connectivity index (χ0v) is 17.3. The maximum absolute atomic E-state index is 11.7. The van der Waals surface area contributed by atoms with Gasteiger partial charge in [0.25, 0.3) is 0 Å². The van der Waals surface area contributed by atoms with Gasteiger partial charge in [0.05, 0.1) is 6.26 Å². The first-order valence-electron chi connectivity index (χ1n) is 9.76. The monoisotopic (exact) mass is 379 g/mol. The summed E-state index contributed by atoms with van der Waals surface area (Å²) < 4.78 is 26.3. The molecule has 0 aliphatic carbocycles. The average Bonchev–Trinajstić information content (AvgIpc) is 2.98. The summed E-state index contributed by atoms with van der Waals surface area (Å²) in [7, 11) is -3.16. The Kier molecular flexibility index (Phi) is 5.94. The van der Waals surface area contributed by atoms with Crippen molar-refractivity contribution in [3.8, 4) is 0 Å². The number of piperidine rings is 1. The second kappa shape index (κ2) is 7.87. The van der Waals surface area contributed by atoms with Gasteiger partial charge in [-0.3, -0.25) is 4.90 Å². The summed E-state index contributed by atoms with van der Waals surface area (Å²) in [6, 6.07) is 9.38. The first kappa shape index (κ1) is 19.6. The predicted molar refractivity (Wildman–Crippen MR) is 108 cm³/mol. The zero-order chi connectivity index (χ0) is 18.9. The van der Waals surface area contributed by atoms with Gasteiger partial charge in [-0.2, -0.15) is 0 Å². The van der Waals surface area contributed by atoms with E-state index in [0.717, 1.165) is 39.0 Å². The van der Waals surface area contributed by atoms with E-state index < -0.39 is 10.0 Å². The molecule has 0 amide bonds. The summed E-state index contributed by atoms with van der Waals surface area (Å²) in [5.74, 6) is 0.867. The number of likely N-dealkylation sites (tertiary alicyclic amines) is 1. The molecule has 2 fully saturated rings. The zero-order valence-electron chi connectivity index (χ0n) is 16.5. The molecule has 0 spiro atoms. The van der Waals surface area contributed by atoms with Crippen molar-refractivity contribution in [2.24, 2.45) is 11.8 Å². The van der Waals surface area contributed by atoms with E-state index in [-0.39, 0.29) is 6.04 Å². The Morgan fingerprint density at radius 2 is 1.69 bits per heavy atom. The SMILES string of the molecule is Cc1ccc(N2CCC(N3C[C@H](NS(C)(=O)=O)[C@@H](C(C)C)C3)CC2)cc1. The molecule has 3 rings (SSSR count). The van der Waals surface area contributed by atoms with E-state index in [9.17, 15) is 8.42 Å². The average molecular weight is 380 g/mol. The van der Waals surface area contributed by atoms with E-state index in [4.69, 9.17) is 0 Å². The molecule has 0 radical (unpaired) electrons. The maximum atomic E-state index is 11.7. The number of hydrogen-bond acceptors (Lipinski definition) is 4. The van der Waals surface area contributed by atoms with Crippen molar-refractivity contribution in [1.29, 1.82) is 0 Å². The van der Waals surface area contributed by atoms with Crippen molar-refractivity contribution in [3.63, 3.8) is 0 Å². The third kappa shape index (κ3) is 4.78. The van der Waals surface area contributed by atoms with Gasteiger partial charge in [0.15, 0.2) is 0 Å². The van der Waals surface area contributed by atoms with Crippen LogP contribution < -0.4 is 9.62 Å². The second-order valence-electron chi connectivity index (χ2n) is 8.41. The van der Waals surface area contributed by atoms with Gasteiger partial charge in [-0.25, -0.2) is 13.1 Å². The quantitative estimate of drug-likeness (QED) is 0.854. The summed E-state index contributed by atoms with van der Waals surface area (Å²) in [6.45, 7) is 10.5. The molecule has 0 bridgehead atoms. The van der Waals surface area contributed by atoms with Crippen molar-refractivity contribution >= 4 is 15.7 Å². The van der Waals surface area contributed by atoms with E-state index in [1.807, 2.05) is 0 Å². The number of rotatable bonds is 5. The number of aryl methyl sites for hydroxylation is 1. The van der Waals surface area contributed by atoms with E-state index >= 15 is 0 Å². The number of nitrogens with zero attached hydrogens (tertiary/aromatic N) is 2. The molecule has 2 aliphatic rings. The summed E-state index contributed by atoms with van der Waals surface area (Å²) in [6.07, 6.45) is 3.56. The van der Waals surface area contributed by atoms with Crippen LogP contribution in [0.1, 0.15) is 32.3 Å². The lowest BCUT2D eigenvalue weighted by Crippen LogP contribution is -2.45. The van der Waals surface area contributed by atoms with Gasteiger partial charge in [0, 0.05) is 44.0 Å². The first-order valence-corrected chi connectivity index (χ1v) is 11.6. The predicted octanol–water partition coefficient (Wildman–Crippen LogP) is 2.47. The fourth-order valence-corrected chi connectivity index (χ4v) is 5.28. The Bertz CT molecular complexity index is 694. The maximum Gasteiger partial charge on any atom is 0.209 e. The molecule has 6 heteroatoms. The van der Waals surface area contributed by atoms with Gasteiger partial charge in [-0.1, -0.05) is 31.5 Å². The molecule has 26 heavy (non-hydrogen) atoms. The largest absolute Gasteiger partial charge is 0.371 e. The van der Waals surface area contributed by atoms with E-state index in [2.05, 4.69) is 59.6 Å².